The van der Waals surface area contributed by atoms with Crippen molar-refractivity contribution in [3.8, 4) is 0 Å². The number of nitrogens with one attached hydrogen (secondary N) is 1. The summed E-state index contributed by atoms with van der Waals surface area (Å²) in [6.45, 7) is 3.83. The third kappa shape index (κ3) is 7.90. The summed E-state index contributed by atoms with van der Waals surface area (Å²) in [7, 11) is 0. The standard InChI is InChI=1S/C19H31N3O8/c1-3-5-10-29-18(27)21-19(8-6-13(12-19)7-9-23)17(20)22-30-14(16(25)26)11-15(24)28-4-2/h11,13,23H,3-10,12H2,1-2H3,(H2,20,22)(H,21,27)(H,25,26). The number of aliphatic hydroxyl groups excluding tert-OH is 1. The molecule has 11 heteroatoms. The Hall–Kier alpha value is -2.82. The fourth-order valence-electron chi connectivity index (χ4n) is 3.13. The van der Waals surface area contributed by atoms with E-state index < -0.39 is 29.3 Å². The number of aliphatic carboxylic acids is 1. The summed E-state index contributed by atoms with van der Waals surface area (Å²) >= 11 is 0. The van der Waals surface area contributed by atoms with Crippen LogP contribution in [-0.2, 0) is 23.9 Å². The van der Waals surface area contributed by atoms with E-state index in [9.17, 15) is 24.6 Å². The summed E-state index contributed by atoms with van der Waals surface area (Å²) in [4.78, 5) is 39.9. The van der Waals surface area contributed by atoms with Crippen LogP contribution < -0.4 is 11.1 Å². The van der Waals surface area contributed by atoms with Crippen molar-refractivity contribution >= 4 is 23.9 Å². The molecule has 0 bridgehead atoms. The first-order valence-electron chi connectivity index (χ1n) is 9.96. The summed E-state index contributed by atoms with van der Waals surface area (Å²) in [5, 5.41) is 24.8. The SMILES string of the molecule is CCCCOC(=O)NC1(C(N)=NOC(=CC(=O)OCC)C(=O)O)CCC(CCO)C1. The number of hydrogen-bond acceptors (Lipinski definition) is 8. The van der Waals surface area contributed by atoms with Gasteiger partial charge in [-0.25, -0.2) is 14.4 Å². The average Bonchev–Trinajstić information content (AvgIpc) is 3.09. The van der Waals surface area contributed by atoms with Crippen molar-refractivity contribution in [1.29, 1.82) is 0 Å². The largest absolute Gasteiger partial charge is 0.475 e. The van der Waals surface area contributed by atoms with Gasteiger partial charge in [0.25, 0.3) is 0 Å². The highest BCUT2D eigenvalue weighted by atomic mass is 16.6. The molecule has 2 unspecified atom stereocenters. The quantitative estimate of drug-likeness (QED) is 0.0678. The lowest BCUT2D eigenvalue weighted by Gasteiger charge is -2.29. The fourth-order valence-corrected chi connectivity index (χ4v) is 3.13. The minimum absolute atomic E-state index is 0.0132. The van der Waals surface area contributed by atoms with Gasteiger partial charge in [0, 0.05) is 6.61 Å². The maximum Gasteiger partial charge on any atom is 0.407 e. The summed E-state index contributed by atoms with van der Waals surface area (Å²) in [5.41, 5.74) is 4.95. The van der Waals surface area contributed by atoms with Crippen LogP contribution in [-0.4, -0.2) is 59.4 Å². The molecule has 0 aromatic carbocycles. The molecule has 1 aliphatic rings. The Kier molecular flexibility index (Phi) is 10.7. The number of amides is 1. The zero-order valence-electron chi connectivity index (χ0n) is 17.4. The second-order valence-corrected chi connectivity index (χ2v) is 6.95. The lowest BCUT2D eigenvalue weighted by Crippen LogP contribution is -2.56. The number of alkyl carbamates (subject to hydrolysis) is 1. The van der Waals surface area contributed by atoms with Crippen LogP contribution in [0.3, 0.4) is 0 Å². The van der Waals surface area contributed by atoms with E-state index >= 15 is 0 Å². The lowest BCUT2D eigenvalue weighted by atomic mass is 9.93. The van der Waals surface area contributed by atoms with Crippen molar-refractivity contribution in [2.45, 2.75) is 57.9 Å². The zero-order valence-corrected chi connectivity index (χ0v) is 17.4. The molecular formula is C19H31N3O8. The first-order valence-corrected chi connectivity index (χ1v) is 9.96. The van der Waals surface area contributed by atoms with Crippen LogP contribution in [0.4, 0.5) is 4.79 Å². The van der Waals surface area contributed by atoms with E-state index in [0.29, 0.717) is 38.2 Å². The van der Waals surface area contributed by atoms with Crippen molar-refractivity contribution in [3.05, 3.63) is 11.8 Å². The van der Waals surface area contributed by atoms with Crippen molar-refractivity contribution in [1.82, 2.24) is 5.32 Å². The molecule has 11 nitrogen and oxygen atoms in total. The van der Waals surface area contributed by atoms with E-state index in [1.807, 2.05) is 6.92 Å². The molecule has 30 heavy (non-hydrogen) atoms. The van der Waals surface area contributed by atoms with Gasteiger partial charge < -0.3 is 35.6 Å². The molecule has 0 heterocycles. The number of hydrogen-bond donors (Lipinski definition) is 4. The molecule has 0 aliphatic heterocycles. The minimum atomic E-state index is -1.54. The van der Waals surface area contributed by atoms with E-state index in [2.05, 4.69) is 15.2 Å². The first-order chi connectivity index (χ1) is 14.3. The number of carbonyl (C=O) groups excluding carboxylic acids is 2. The maximum atomic E-state index is 12.2. The molecule has 1 saturated carbocycles. The van der Waals surface area contributed by atoms with Gasteiger partial charge in [-0.3, -0.25) is 0 Å². The van der Waals surface area contributed by atoms with E-state index in [-0.39, 0.29) is 31.6 Å². The van der Waals surface area contributed by atoms with Crippen molar-refractivity contribution in [2.24, 2.45) is 16.8 Å². The average molecular weight is 429 g/mol. The van der Waals surface area contributed by atoms with E-state index in [0.717, 1.165) is 6.42 Å². The van der Waals surface area contributed by atoms with Gasteiger partial charge in [-0.15, -0.1) is 0 Å². The second kappa shape index (κ2) is 12.7. The van der Waals surface area contributed by atoms with Gasteiger partial charge in [0.2, 0.25) is 5.76 Å². The summed E-state index contributed by atoms with van der Waals surface area (Å²) in [6.07, 6.45) is 3.50. The van der Waals surface area contributed by atoms with Crippen molar-refractivity contribution in [2.75, 3.05) is 19.8 Å². The number of carboxylic acid groups (broad SMARTS) is 1. The number of unbranched alkanes of at least 4 members (excludes halogenated alkanes) is 1. The summed E-state index contributed by atoms with van der Waals surface area (Å²) in [6, 6.07) is 0. The number of nitrogens with two attached hydrogens (primary N) is 1. The Labute approximate surface area is 175 Å². The molecule has 0 spiro atoms. The Morgan fingerprint density at radius 1 is 1.30 bits per heavy atom. The molecular weight excluding hydrogens is 398 g/mol. The molecule has 1 amide bonds. The van der Waals surface area contributed by atoms with Crippen LogP contribution in [0.15, 0.2) is 17.0 Å². The highest BCUT2D eigenvalue weighted by Crippen LogP contribution is 2.37. The monoisotopic (exact) mass is 429 g/mol. The lowest BCUT2D eigenvalue weighted by molar-refractivity contribution is -0.140. The van der Waals surface area contributed by atoms with Gasteiger partial charge in [-0.2, -0.15) is 0 Å². The molecule has 1 fully saturated rings. The summed E-state index contributed by atoms with van der Waals surface area (Å²) < 4.78 is 9.79. The second-order valence-electron chi connectivity index (χ2n) is 6.95. The van der Waals surface area contributed by atoms with E-state index in [1.165, 1.54) is 0 Å². The Bertz CT molecular complexity index is 664. The molecule has 2 atom stereocenters. The third-order valence-electron chi connectivity index (χ3n) is 4.71. The van der Waals surface area contributed by atoms with Crippen molar-refractivity contribution < 1.29 is 38.9 Å². The molecule has 0 radical (unpaired) electrons. The molecule has 0 aromatic rings. The maximum absolute atomic E-state index is 12.2. The number of rotatable bonds is 12. The molecule has 5 N–H and O–H groups in total. The minimum Gasteiger partial charge on any atom is -0.475 e. The van der Waals surface area contributed by atoms with Gasteiger partial charge in [0.15, 0.2) is 5.84 Å². The normalized spacial score (nSPS) is 21.8. The van der Waals surface area contributed by atoms with Crippen molar-refractivity contribution in [3.63, 3.8) is 0 Å². The first kappa shape index (κ1) is 25.2. The number of esters is 1. The predicted octanol–water partition coefficient (Wildman–Crippen LogP) is 1.25. The third-order valence-corrected chi connectivity index (χ3v) is 4.71. The Balaban J connectivity index is 3.00. The number of oxime groups is 1. The van der Waals surface area contributed by atoms with Crippen LogP contribution in [0, 0.1) is 5.92 Å². The smallest absolute Gasteiger partial charge is 0.407 e. The van der Waals surface area contributed by atoms with E-state index in [1.54, 1.807) is 6.92 Å². The van der Waals surface area contributed by atoms with Crippen LogP contribution in [0.2, 0.25) is 0 Å². The van der Waals surface area contributed by atoms with E-state index in [4.69, 9.17) is 15.3 Å². The predicted molar refractivity (Wildman–Crippen MR) is 106 cm³/mol. The summed E-state index contributed by atoms with van der Waals surface area (Å²) in [5.74, 6) is -3.30. The van der Waals surface area contributed by atoms with Gasteiger partial charge in [-0.1, -0.05) is 18.5 Å². The number of ether oxygens (including phenoxy) is 2. The number of aliphatic hydroxyl groups is 1. The fraction of sp³-hybridized carbons (Fsp3) is 0.684. The Morgan fingerprint density at radius 3 is 2.63 bits per heavy atom. The zero-order chi connectivity index (χ0) is 22.6. The molecule has 0 saturated heterocycles. The van der Waals surface area contributed by atoms with Crippen LogP contribution >= 0.6 is 0 Å². The number of carbonyl (C=O) groups is 3. The number of nitrogens with zero attached hydrogens (tertiary/aromatic N) is 1. The van der Waals surface area contributed by atoms with Gasteiger partial charge in [0.05, 0.1) is 19.3 Å². The Morgan fingerprint density at radius 2 is 2.03 bits per heavy atom. The van der Waals surface area contributed by atoms with Gasteiger partial charge >= 0.3 is 18.0 Å². The number of amidine groups is 1. The van der Waals surface area contributed by atoms with Gasteiger partial charge in [-0.05, 0) is 44.9 Å². The van der Waals surface area contributed by atoms with Crippen LogP contribution in [0.25, 0.3) is 0 Å². The molecule has 1 rings (SSSR count). The number of carboxylic acids is 1. The molecule has 1 aliphatic carbocycles. The van der Waals surface area contributed by atoms with Gasteiger partial charge in [0.1, 0.15) is 5.54 Å². The topological polar surface area (TPSA) is 170 Å². The highest BCUT2D eigenvalue weighted by molar-refractivity contribution is 5.95. The molecule has 0 aromatic heterocycles. The highest BCUT2D eigenvalue weighted by Gasteiger charge is 2.44. The van der Waals surface area contributed by atoms with Crippen LogP contribution in [0.5, 0.6) is 0 Å². The van der Waals surface area contributed by atoms with Crippen LogP contribution in [0.1, 0.15) is 52.4 Å². The molecule has 170 valence electrons.